The van der Waals surface area contributed by atoms with E-state index in [2.05, 4.69) is 5.32 Å². The lowest BCUT2D eigenvalue weighted by atomic mass is 10.2. The standard InChI is InChI=1S/C15H23NO4/c1-3-5-14(15(17)18)16-10-11-20-13-8-6-12(7-9-13)19-4-2/h6-9,14,16H,3-5,10-11H2,1-2H3,(H,17,18). The summed E-state index contributed by atoms with van der Waals surface area (Å²) in [6, 6.07) is 6.88. The minimum Gasteiger partial charge on any atom is -0.494 e. The van der Waals surface area contributed by atoms with Crippen LogP contribution in [0.1, 0.15) is 26.7 Å². The summed E-state index contributed by atoms with van der Waals surface area (Å²) >= 11 is 0. The van der Waals surface area contributed by atoms with Gasteiger partial charge in [-0.1, -0.05) is 13.3 Å². The summed E-state index contributed by atoms with van der Waals surface area (Å²) in [6.07, 6.45) is 1.46. The number of benzene rings is 1. The molecule has 1 aromatic rings. The van der Waals surface area contributed by atoms with Crippen LogP contribution in [0.2, 0.25) is 0 Å². The molecule has 0 fully saturated rings. The number of hydrogen-bond donors (Lipinski definition) is 2. The average molecular weight is 281 g/mol. The van der Waals surface area contributed by atoms with E-state index in [4.69, 9.17) is 14.6 Å². The summed E-state index contributed by atoms with van der Waals surface area (Å²) in [4.78, 5) is 10.9. The third kappa shape index (κ3) is 5.93. The van der Waals surface area contributed by atoms with E-state index >= 15 is 0 Å². The number of carbonyl (C=O) groups is 1. The summed E-state index contributed by atoms with van der Waals surface area (Å²) in [7, 11) is 0. The molecule has 0 aromatic heterocycles. The average Bonchev–Trinajstić information content (AvgIpc) is 2.44. The van der Waals surface area contributed by atoms with Crippen molar-refractivity contribution in [3.05, 3.63) is 24.3 Å². The smallest absolute Gasteiger partial charge is 0.320 e. The maximum atomic E-state index is 10.9. The van der Waals surface area contributed by atoms with Crippen LogP contribution in [0.5, 0.6) is 11.5 Å². The van der Waals surface area contributed by atoms with Gasteiger partial charge in [-0.25, -0.2) is 0 Å². The number of nitrogens with one attached hydrogen (secondary N) is 1. The highest BCUT2D eigenvalue weighted by atomic mass is 16.5. The summed E-state index contributed by atoms with van der Waals surface area (Å²) in [6.45, 7) is 5.48. The predicted molar refractivity (Wildman–Crippen MR) is 77.4 cm³/mol. The van der Waals surface area contributed by atoms with Gasteiger partial charge in [0.2, 0.25) is 0 Å². The van der Waals surface area contributed by atoms with Gasteiger partial charge in [0, 0.05) is 6.54 Å². The van der Waals surface area contributed by atoms with Crippen LogP contribution >= 0.6 is 0 Å². The molecular weight excluding hydrogens is 258 g/mol. The molecule has 1 rings (SSSR count). The molecule has 0 saturated carbocycles. The van der Waals surface area contributed by atoms with E-state index in [1.54, 1.807) is 0 Å². The molecule has 2 N–H and O–H groups in total. The second-order valence-corrected chi connectivity index (χ2v) is 4.39. The Labute approximate surface area is 119 Å². The van der Waals surface area contributed by atoms with Crippen LogP contribution in [0.15, 0.2) is 24.3 Å². The fourth-order valence-electron chi connectivity index (χ4n) is 1.80. The first-order valence-corrected chi connectivity index (χ1v) is 6.99. The second kappa shape index (κ2) is 9.20. The van der Waals surface area contributed by atoms with Gasteiger partial charge in [-0.05, 0) is 37.6 Å². The molecule has 0 heterocycles. The molecule has 0 radical (unpaired) electrons. The predicted octanol–water partition coefficient (Wildman–Crippen LogP) is 2.31. The van der Waals surface area contributed by atoms with Crippen LogP contribution in [-0.4, -0.2) is 36.9 Å². The van der Waals surface area contributed by atoms with Crippen molar-refractivity contribution in [3.63, 3.8) is 0 Å². The van der Waals surface area contributed by atoms with Crippen LogP contribution in [0, 0.1) is 0 Å². The third-order valence-corrected chi connectivity index (χ3v) is 2.77. The van der Waals surface area contributed by atoms with Crippen LogP contribution in [0.3, 0.4) is 0 Å². The van der Waals surface area contributed by atoms with Gasteiger partial charge in [0.15, 0.2) is 0 Å². The fourth-order valence-corrected chi connectivity index (χ4v) is 1.80. The third-order valence-electron chi connectivity index (χ3n) is 2.77. The van der Waals surface area contributed by atoms with Gasteiger partial charge in [0.1, 0.15) is 24.1 Å². The van der Waals surface area contributed by atoms with Crippen molar-refractivity contribution >= 4 is 5.97 Å². The molecule has 0 saturated heterocycles. The van der Waals surface area contributed by atoms with Gasteiger partial charge in [0.05, 0.1) is 6.61 Å². The number of hydrogen-bond acceptors (Lipinski definition) is 4. The molecule has 0 aliphatic heterocycles. The highest BCUT2D eigenvalue weighted by molar-refractivity contribution is 5.73. The van der Waals surface area contributed by atoms with Crippen LogP contribution in [0.4, 0.5) is 0 Å². The topological polar surface area (TPSA) is 67.8 Å². The van der Waals surface area contributed by atoms with Crippen molar-refractivity contribution in [1.29, 1.82) is 0 Å². The van der Waals surface area contributed by atoms with Gasteiger partial charge < -0.3 is 19.9 Å². The lowest BCUT2D eigenvalue weighted by Gasteiger charge is -2.14. The molecule has 5 nitrogen and oxygen atoms in total. The number of aliphatic carboxylic acids is 1. The minimum atomic E-state index is -0.812. The van der Waals surface area contributed by atoms with E-state index < -0.39 is 12.0 Å². The van der Waals surface area contributed by atoms with E-state index in [-0.39, 0.29) is 0 Å². The van der Waals surface area contributed by atoms with E-state index in [1.807, 2.05) is 38.1 Å². The molecule has 0 bridgehead atoms. The Kier molecular flexibility index (Phi) is 7.50. The summed E-state index contributed by atoms with van der Waals surface area (Å²) in [5.41, 5.74) is 0. The summed E-state index contributed by atoms with van der Waals surface area (Å²) in [5.74, 6) is 0.748. The van der Waals surface area contributed by atoms with Gasteiger partial charge in [0.25, 0.3) is 0 Å². The first-order valence-electron chi connectivity index (χ1n) is 6.99. The monoisotopic (exact) mass is 281 g/mol. The van der Waals surface area contributed by atoms with E-state index in [9.17, 15) is 4.79 Å². The van der Waals surface area contributed by atoms with Gasteiger partial charge in [-0.2, -0.15) is 0 Å². The molecule has 0 aliphatic rings. The van der Waals surface area contributed by atoms with Crippen LogP contribution < -0.4 is 14.8 Å². The molecule has 0 aliphatic carbocycles. The maximum Gasteiger partial charge on any atom is 0.320 e. The molecule has 1 aromatic carbocycles. The summed E-state index contributed by atoms with van der Waals surface area (Å²) in [5, 5.41) is 12.0. The molecule has 0 spiro atoms. The van der Waals surface area contributed by atoms with Gasteiger partial charge >= 0.3 is 5.97 Å². The fraction of sp³-hybridized carbons (Fsp3) is 0.533. The normalized spacial score (nSPS) is 11.9. The van der Waals surface area contributed by atoms with E-state index in [0.717, 1.165) is 17.9 Å². The zero-order chi connectivity index (χ0) is 14.8. The Hall–Kier alpha value is -1.75. The molecule has 20 heavy (non-hydrogen) atoms. The Morgan fingerprint density at radius 1 is 1.20 bits per heavy atom. The van der Waals surface area contributed by atoms with Crippen molar-refractivity contribution in [2.45, 2.75) is 32.7 Å². The number of carboxylic acids is 1. The molecule has 1 unspecified atom stereocenters. The Bertz CT molecular complexity index is 391. The van der Waals surface area contributed by atoms with Crippen molar-refractivity contribution in [3.8, 4) is 11.5 Å². The van der Waals surface area contributed by atoms with Gasteiger partial charge in [-0.15, -0.1) is 0 Å². The number of carboxylic acid groups (broad SMARTS) is 1. The van der Waals surface area contributed by atoms with Gasteiger partial charge in [-0.3, -0.25) is 4.79 Å². The Morgan fingerprint density at radius 3 is 2.30 bits per heavy atom. The number of ether oxygens (including phenoxy) is 2. The minimum absolute atomic E-state index is 0.432. The zero-order valence-electron chi connectivity index (χ0n) is 12.1. The lowest BCUT2D eigenvalue weighted by Crippen LogP contribution is -2.38. The Balaban J connectivity index is 2.27. The van der Waals surface area contributed by atoms with Crippen molar-refractivity contribution in [2.24, 2.45) is 0 Å². The lowest BCUT2D eigenvalue weighted by molar-refractivity contribution is -0.139. The van der Waals surface area contributed by atoms with E-state index in [0.29, 0.717) is 26.2 Å². The second-order valence-electron chi connectivity index (χ2n) is 4.39. The van der Waals surface area contributed by atoms with Crippen molar-refractivity contribution in [1.82, 2.24) is 5.32 Å². The highest BCUT2D eigenvalue weighted by Crippen LogP contribution is 2.17. The first kappa shape index (κ1) is 16.3. The van der Waals surface area contributed by atoms with Crippen molar-refractivity contribution in [2.75, 3.05) is 19.8 Å². The Morgan fingerprint density at radius 2 is 1.80 bits per heavy atom. The van der Waals surface area contributed by atoms with Crippen molar-refractivity contribution < 1.29 is 19.4 Å². The largest absolute Gasteiger partial charge is 0.494 e. The van der Waals surface area contributed by atoms with Crippen LogP contribution in [-0.2, 0) is 4.79 Å². The summed E-state index contributed by atoms with van der Waals surface area (Å²) < 4.78 is 10.9. The molecule has 5 heteroatoms. The number of rotatable bonds is 10. The zero-order valence-corrected chi connectivity index (χ0v) is 12.1. The molecule has 1 atom stereocenters. The molecular formula is C15H23NO4. The van der Waals surface area contributed by atoms with E-state index in [1.165, 1.54) is 0 Å². The van der Waals surface area contributed by atoms with Crippen LogP contribution in [0.25, 0.3) is 0 Å². The first-order chi connectivity index (χ1) is 9.67. The SMILES string of the molecule is CCCC(NCCOc1ccc(OCC)cc1)C(=O)O. The molecule has 112 valence electrons. The molecule has 0 amide bonds. The highest BCUT2D eigenvalue weighted by Gasteiger charge is 2.14. The maximum absolute atomic E-state index is 10.9. The quantitative estimate of drug-likeness (QED) is 0.644.